The van der Waals surface area contributed by atoms with Gasteiger partial charge in [-0.25, -0.2) is 13.6 Å². The number of halogens is 3. The number of anilines is 1. The number of rotatable bonds is 4. The zero-order valence-corrected chi connectivity index (χ0v) is 23.6. The molecule has 2 aliphatic heterocycles. The lowest BCUT2D eigenvalue weighted by Crippen LogP contribution is -2.63. The highest BCUT2D eigenvalue weighted by atomic mass is 35.5. The Labute approximate surface area is 240 Å². The molecule has 2 saturated heterocycles. The Morgan fingerprint density at radius 2 is 1.88 bits per heavy atom. The second kappa shape index (κ2) is 9.37. The van der Waals surface area contributed by atoms with Gasteiger partial charge in [0.1, 0.15) is 34.6 Å². The van der Waals surface area contributed by atoms with E-state index in [4.69, 9.17) is 26.1 Å². The average molecular weight is 580 g/mol. The number of fused-ring (bicyclic) bond motifs is 3. The van der Waals surface area contributed by atoms with Gasteiger partial charge in [0, 0.05) is 30.2 Å². The Balaban J connectivity index is 1.30. The van der Waals surface area contributed by atoms with Gasteiger partial charge in [0.05, 0.1) is 22.5 Å². The minimum Gasteiger partial charge on any atom is -0.460 e. The van der Waals surface area contributed by atoms with Crippen LogP contribution in [0.4, 0.5) is 19.4 Å². The van der Waals surface area contributed by atoms with Crippen molar-refractivity contribution in [3.8, 4) is 17.3 Å². The summed E-state index contributed by atoms with van der Waals surface area (Å²) < 4.78 is 42.3. The number of pyridine rings is 1. The second-order valence-corrected chi connectivity index (χ2v) is 12.2. The Morgan fingerprint density at radius 1 is 1.07 bits per heavy atom. The molecule has 3 aliphatic rings. The molecule has 8 nitrogen and oxygen atoms in total. The van der Waals surface area contributed by atoms with Crippen molar-refractivity contribution in [3.05, 3.63) is 53.2 Å². The molecule has 2 aromatic heterocycles. The van der Waals surface area contributed by atoms with Gasteiger partial charge in [0.25, 0.3) is 0 Å². The highest BCUT2D eigenvalue weighted by molar-refractivity contribution is 6.36. The van der Waals surface area contributed by atoms with Crippen LogP contribution in [0.2, 0.25) is 5.02 Å². The Kier molecular flexibility index (Phi) is 5.97. The van der Waals surface area contributed by atoms with Crippen molar-refractivity contribution in [2.75, 3.05) is 18.0 Å². The third-order valence-electron chi connectivity index (χ3n) is 7.82. The van der Waals surface area contributed by atoms with E-state index in [-0.39, 0.29) is 46.5 Å². The molecule has 4 aromatic rings. The number of hydrogen-bond acceptors (Lipinski definition) is 7. The van der Waals surface area contributed by atoms with Gasteiger partial charge in [0.15, 0.2) is 5.82 Å². The van der Waals surface area contributed by atoms with Crippen molar-refractivity contribution in [2.45, 2.75) is 63.8 Å². The van der Waals surface area contributed by atoms with E-state index in [1.54, 1.807) is 35.4 Å². The predicted molar refractivity (Wildman–Crippen MR) is 151 cm³/mol. The van der Waals surface area contributed by atoms with E-state index in [0.717, 1.165) is 19.3 Å². The molecular weight excluding hydrogens is 552 g/mol. The molecule has 0 bridgehead atoms. The molecule has 0 radical (unpaired) electrons. The summed E-state index contributed by atoms with van der Waals surface area (Å²) >= 11 is 6.34. The third-order valence-corrected chi connectivity index (χ3v) is 8.19. The van der Waals surface area contributed by atoms with E-state index in [2.05, 4.69) is 14.9 Å². The van der Waals surface area contributed by atoms with Crippen molar-refractivity contribution < 1.29 is 23.0 Å². The number of carbonyl (C=O) groups excluding carboxylic acids is 1. The summed E-state index contributed by atoms with van der Waals surface area (Å²) in [7, 11) is 0. The number of aromatic nitrogens is 3. The molecule has 7 rings (SSSR count). The highest BCUT2D eigenvalue weighted by Crippen LogP contribution is 2.42. The fourth-order valence-corrected chi connectivity index (χ4v) is 6.01. The van der Waals surface area contributed by atoms with Gasteiger partial charge < -0.3 is 19.3 Å². The molecule has 1 aliphatic carbocycles. The molecule has 1 saturated carbocycles. The minimum absolute atomic E-state index is 0.00259. The van der Waals surface area contributed by atoms with Crippen molar-refractivity contribution in [1.29, 1.82) is 0 Å². The maximum atomic E-state index is 16.4. The van der Waals surface area contributed by atoms with Gasteiger partial charge in [-0.3, -0.25) is 4.98 Å². The van der Waals surface area contributed by atoms with Crippen molar-refractivity contribution in [2.24, 2.45) is 0 Å². The van der Waals surface area contributed by atoms with Gasteiger partial charge in [-0.1, -0.05) is 35.9 Å². The molecule has 2 aromatic carbocycles. The van der Waals surface area contributed by atoms with Crippen LogP contribution in [0.15, 0.2) is 36.5 Å². The van der Waals surface area contributed by atoms with Crippen LogP contribution in [-0.2, 0) is 4.74 Å². The van der Waals surface area contributed by atoms with Gasteiger partial charge in [-0.2, -0.15) is 9.97 Å². The maximum Gasteiger partial charge on any atom is 0.410 e. The standard InChI is InChI=1S/C30H28ClF2N5O3/c1-30(2,3)41-29(39)37-12-11-20-21(37)14-38(20)27-18-13-34-25(24(33)26(18)35-28(36-27)40-16-8-9-16)17-6-4-5-15-7-10-19(32)23(31)22(15)17/h4-7,10,13,16,20-21H,8-9,11-12,14H2,1-3H3/t20-,21-/m1/s1. The first-order chi connectivity index (χ1) is 19.6. The SMILES string of the molecule is CC(C)(C)OC(=O)N1CC[C@@H]2[C@H]1CN2c1nc(OC2CC2)nc2c(F)c(-c3cccc4ccc(F)c(Cl)c34)ncc12. The van der Waals surface area contributed by atoms with Crippen LogP contribution >= 0.6 is 11.6 Å². The highest BCUT2D eigenvalue weighted by Gasteiger charge is 2.51. The first-order valence-corrected chi connectivity index (χ1v) is 14.1. The number of amides is 1. The smallest absolute Gasteiger partial charge is 0.410 e. The number of hydrogen-bond donors (Lipinski definition) is 0. The molecule has 41 heavy (non-hydrogen) atoms. The molecular formula is C30H28ClF2N5O3. The first kappa shape index (κ1) is 26.1. The molecule has 1 amide bonds. The van der Waals surface area contributed by atoms with Gasteiger partial charge in [-0.15, -0.1) is 0 Å². The van der Waals surface area contributed by atoms with Crippen LogP contribution in [0.5, 0.6) is 6.01 Å². The van der Waals surface area contributed by atoms with Crippen molar-refractivity contribution in [1.82, 2.24) is 19.9 Å². The number of carbonyl (C=O) groups is 1. The molecule has 212 valence electrons. The number of likely N-dealkylation sites (tertiary alicyclic amines) is 1. The zero-order chi connectivity index (χ0) is 28.6. The monoisotopic (exact) mass is 579 g/mol. The van der Waals surface area contributed by atoms with Crippen LogP contribution in [0.1, 0.15) is 40.0 Å². The summed E-state index contributed by atoms with van der Waals surface area (Å²) in [5.74, 6) is -0.752. The maximum absolute atomic E-state index is 16.4. The van der Waals surface area contributed by atoms with E-state index in [9.17, 15) is 9.18 Å². The van der Waals surface area contributed by atoms with Gasteiger partial charge >= 0.3 is 12.1 Å². The lowest BCUT2D eigenvalue weighted by molar-refractivity contribution is 0.0193. The normalized spacial score (nSPS) is 20.3. The zero-order valence-electron chi connectivity index (χ0n) is 22.8. The number of ether oxygens (including phenoxy) is 2. The summed E-state index contributed by atoms with van der Waals surface area (Å²) in [4.78, 5) is 30.3. The summed E-state index contributed by atoms with van der Waals surface area (Å²) in [6, 6.07) is 8.14. The average Bonchev–Trinajstić information content (AvgIpc) is 3.66. The Hall–Kier alpha value is -3.79. The summed E-state index contributed by atoms with van der Waals surface area (Å²) in [6.07, 6.45) is 3.72. The van der Waals surface area contributed by atoms with Crippen LogP contribution < -0.4 is 9.64 Å². The van der Waals surface area contributed by atoms with Crippen molar-refractivity contribution in [3.63, 3.8) is 0 Å². The number of nitrogens with zero attached hydrogens (tertiary/aromatic N) is 5. The molecule has 3 fully saturated rings. The third kappa shape index (κ3) is 4.48. The second-order valence-electron chi connectivity index (χ2n) is 11.8. The van der Waals surface area contributed by atoms with Crippen molar-refractivity contribution >= 4 is 45.2 Å². The van der Waals surface area contributed by atoms with E-state index in [0.29, 0.717) is 40.6 Å². The van der Waals surface area contributed by atoms with Gasteiger partial charge in [-0.05, 0) is 51.5 Å². The quantitative estimate of drug-likeness (QED) is 0.272. The van der Waals surface area contributed by atoms with E-state index in [1.807, 2.05) is 20.8 Å². The Morgan fingerprint density at radius 3 is 2.63 bits per heavy atom. The van der Waals surface area contributed by atoms with Crippen LogP contribution in [-0.4, -0.2) is 62.8 Å². The predicted octanol–water partition coefficient (Wildman–Crippen LogP) is 6.52. The molecule has 4 heterocycles. The first-order valence-electron chi connectivity index (χ1n) is 13.8. The van der Waals surface area contributed by atoms with Crippen LogP contribution in [0.3, 0.4) is 0 Å². The Bertz CT molecular complexity index is 1720. The summed E-state index contributed by atoms with van der Waals surface area (Å²) in [5.41, 5.74) is -0.150. The molecule has 2 atom stereocenters. The number of benzene rings is 2. The molecule has 0 N–H and O–H groups in total. The van der Waals surface area contributed by atoms with E-state index >= 15 is 4.39 Å². The largest absolute Gasteiger partial charge is 0.460 e. The summed E-state index contributed by atoms with van der Waals surface area (Å²) in [6.45, 7) is 6.61. The van der Waals surface area contributed by atoms with Gasteiger partial charge in [0.2, 0.25) is 0 Å². The fourth-order valence-electron chi connectivity index (χ4n) is 5.73. The van der Waals surface area contributed by atoms with Crippen LogP contribution in [0, 0.1) is 11.6 Å². The summed E-state index contributed by atoms with van der Waals surface area (Å²) in [5, 5.41) is 1.38. The topological polar surface area (TPSA) is 80.7 Å². The lowest BCUT2D eigenvalue weighted by Gasteiger charge is -2.47. The van der Waals surface area contributed by atoms with Crippen LogP contribution in [0.25, 0.3) is 32.9 Å². The lowest BCUT2D eigenvalue weighted by atomic mass is 9.96. The molecule has 11 heteroatoms. The molecule has 0 unspecified atom stereocenters. The molecule has 0 spiro atoms. The van der Waals surface area contributed by atoms with E-state index in [1.165, 1.54) is 6.07 Å². The minimum atomic E-state index is -0.668. The fraction of sp³-hybridized carbons (Fsp3) is 0.400. The van der Waals surface area contributed by atoms with E-state index < -0.39 is 17.2 Å².